The lowest BCUT2D eigenvalue weighted by Gasteiger charge is -2.00. The number of rotatable bonds is 4. The molecule has 0 spiro atoms. The van der Waals surface area contributed by atoms with Gasteiger partial charge in [-0.15, -0.1) is 23.1 Å². The summed E-state index contributed by atoms with van der Waals surface area (Å²) in [5.41, 5.74) is 6.85. The van der Waals surface area contributed by atoms with Gasteiger partial charge in [0.05, 0.1) is 11.4 Å². The largest absolute Gasteiger partial charge is 0.323 e. The summed E-state index contributed by atoms with van der Waals surface area (Å²) in [6.07, 6.45) is 0. The molecule has 18 heavy (non-hydrogen) atoms. The molecule has 5 heteroatoms. The van der Waals surface area contributed by atoms with Gasteiger partial charge in [-0.3, -0.25) is 0 Å². The van der Waals surface area contributed by atoms with Crippen molar-refractivity contribution >= 4 is 23.1 Å². The number of halogens is 1. The van der Waals surface area contributed by atoms with Crippen LogP contribution in [0, 0.1) is 12.7 Å². The van der Waals surface area contributed by atoms with E-state index >= 15 is 0 Å². The summed E-state index contributed by atoms with van der Waals surface area (Å²) in [6, 6.07) is 6.80. The van der Waals surface area contributed by atoms with Gasteiger partial charge >= 0.3 is 0 Å². The molecule has 0 amide bonds. The summed E-state index contributed by atoms with van der Waals surface area (Å²) < 4.78 is 13.4. The number of nitrogens with two attached hydrogens (primary N) is 1. The van der Waals surface area contributed by atoms with E-state index in [0.717, 1.165) is 15.6 Å². The number of aryl methyl sites for hydroxylation is 1. The Bertz CT molecular complexity index is 538. The molecule has 1 aromatic carbocycles. The van der Waals surface area contributed by atoms with Crippen molar-refractivity contribution in [1.82, 2.24) is 4.98 Å². The number of hydrogen-bond donors (Lipinski definition) is 1. The van der Waals surface area contributed by atoms with Crippen molar-refractivity contribution in [3.8, 4) is 0 Å². The number of nitrogens with zero attached hydrogens (tertiary/aromatic N) is 1. The van der Waals surface area contributed by atoms with Crippen LogP contribution in [0.4, 0.5) is 4.39 Å². The van der Waals surface area contributed by atoms with Gasteiger partial charge in [-0.2, -0.15) is 0 Å². The monoisotopic (exact) mass is 282 g/mol. The smallest absolute Gasteiger partial charge is 0.136 e. The molecule has 2 rings (SSSR count). The SMILES string of the molecule is Cc1nc(CSc2ccccc2F)sc1C(C)N. The van der Waals surface area contributed by atoms with E-state index in [4.69, 9.17) is 5.73 Å². The zero-order valence-electron chi connectivity index (χ0n) is 10.3. The summed E-state index contributed by atoms with van der Waals surface area (Å²) in [4.78, 5) is 6.24. The van der Waals surface area contributed by atoms with Crippen LogP contribution in [0.2, 0.25) is 0 Å². The normalized spacial score (nSPS) is 12.7. The van der Waals surface area contributed by atoms with Crippen molar-refractivity contribution in [2.75, 3.05) is 0 Å². The third-order valence-electron chi connectivity index (χ3n) is 2.48. The number of aromatic nitrogens is 1. The van der Waals surface area contributed by atoms with Gasteiger partial charge in [0.2, 0.25) is 0 Å². The molecule has 0 radical (unpaired) electrons. The van der Waals surface area contributed by atoms with Gasteiger partial charge < -0.3 is 5.73 Å². The molecule has 0 aliphatic carbocycles. The van der Waals surface area contributed by atoms with Crippen molar-refractivity contribution in [3.05, 3.63) is 45.7 Å². The van der Waals surface area contributed by atoms with Crippen molar-refractivity contribution in [1.29, 1.82) is 0 Å². The molecule has 1 aromatic heterocycles. The first-order valence-electron chi connectivity index (χ1n) is 5.67. The molecule has 0 aliphatic rings. The molecule has 2 nitrogen and oxygen atoms in total. The highest BCUT2D eigenvalue weighted by atomic mass is 32.2. The first kappa shape index (κ1) is 13.5. The third-order valence-corrected chi connectivity index (χ3v) is 5.08. The molecule has 1 heterocycles. The van der Waals surface area contributed by atoms with Crippen LogP contribution >= 0.6 is 23.1 Å². The minimum absolute atomic E-state index is 0.00899. The van der Waals surface area contributed by atoms with Crippen LogP contribution in [0.3, 0.4) is 0 Å². The third kappa shape index (κ3) is 3.10. The minimum atomic E-state index is -0.178. The van der Waals surface area contributed by atoms with E-state index in [2.05, 4.69) is 4.98 Å². The molecule has 1 unspecified atom stereocenters. The Morgan fingerprint density at radius 2 is 2.17 bits per heavy atom. The highest BCUT2D eigenvalue weighted by Gasteiger charge is 2.11. The van der Waals surface area contributed by atoms with E-state index in [9.17, 15) is 4.39 Å². The fourth-order valence-corrected chi connectivity index (χ4v) is 3.60. The fraction of sp³-hybridized carbons (Fsp3) is 0.308. The first-order valence-corrected chi connectivity index (χ1v) is 7.47. The lowest BCUT2D eigenvalue weighted by molar-refractivity contribution is 0.602. The van der Waals surface area contributed by atoms with E-state index in [1.165, 1.54) is 17.8 Å². The summed E-state index contributed by atoms with van der Waals surface area (Å²) in [5.74, 6) is 0.502. The predicted octanol–water partition coefficient (Wildman–Crippen LogP) is 3.90. The molecule has 1 atom stereocenters. The minimum Gasteiger partial charge on any atom is -0.323 e. The lowest BCUT2D eigenvalue weighted by Crippen LogP contribution is -2.03. The maximum atomic E-state index is 13.4. The Labute approximate surface area is 114 Å². The van der Waals surface area contributed by atoms with Crippen LogP contribution < -0.4 is 5.73 Å². The molecule has 2 aromatic rings. The van der Waals surface area contributed by atoms with Gasteiger partial charge in [0, 0.05) is 15.8 Å². The fourth-order valence-electron chi connectivity index (χ4n) is 1.65. The highest BCUT2D eigenvalue weighted by Crippen LogP contribution is 2.30. The Balaban J connectivity index is 2.07. The number of hydrogen-bond acceptors (Lipinski definition) is 4. The zero-order chi connectivity index (χ0) is 13.1. The topological polar surface area (TPSA) is 38.9 Å². The second-order valence-corrected chi connectivity index (χ2v) is 6.20. The summed E-state index contributed by atoms with van der Waals surface area (Å²) in [6.45, 7) is 3.92. The average molecular weight is 282 g/mol. The van der Waals surface area contributed by atoms with Crippen molar-refractivity contribution in [2.45, 2.75) is 30.5 Å². The van der Waals surface area contributed by atoms with E-state index < -0.39 is 0 Å². The van der Waals surface area contributed by atoms with Gasteiger partial charge in [-0.1, -0.05) is 12.1 Å². The lowest BCUT2D eigenvalue weighted by atomic mass is 10.2. The molecule has 96 valence electrons. The van der Waals surface area contributed by atoms with E-state index in [1.54, 1.807) is 23.5 Å². The van der Waals surface area contributed by atoms with Crippen molar-refractivity contribution < 1.29 is 4.39 Å². The molecule has 0 bridgehead atoms. The molecule has 0 fully saturated rings. The maximum Gasteiger partial charge on any atom is 0.136 e. The van der Waals surface area contributed by atoms with E-state index in [0.29, 0.717) is 10.6 Å². The van der Waals surface area contributed by atoms with Gasteiger partial charge in [-0.05, 0) is 26.0 Å². The molecule has 0 saturated carbocycles. The Morgan fingerprint density at radius 1 is 1.44 bits per heavy atom. The van der Waals surface area contributed by atoms with Crippen LogP contribution in [0.5, 0.6) is 0 Å². The summed E-state index contributed by atoms with van der Waals surface area (Å²) in [5, 5.41) is 0.994. The Kier molecular flexibility index (Phi) is 4.37. The van der Waals surface area contributed by atoms with Gasteiger partial charge in [0.15, 0.2) is 0 Å². The molecule has 2 N–H and O–H groups in total. The second-order valence-electron chi connectivity index (χ2n) is 4.07. The number of thiazole rings is 1. The predicted molar refractivity (Wildman–Crippen MR) is 75.4 cm³/mol. The summed E-state index contributed by atoms with van der Waals surface area (Å²) in [7, 11) is 0. The van der Waals surface area contributed by atoms with Crippen molar-refractivity contribution in [2.24, 2.45) is 5.73 Å². The highest BCUT2D eigenvalue weighted by molar-refractivity contribution is 7.98. The maximum absolute atomic E-state index is 13.4. The van der Waals surface area contributed by atoms with Crippen molar-refractivity contribution in [3.63, 3.8) is 0 Å². The quantitative estimate of drug-likeness (QED) is 0.864. The van der Waals surface area contributed by atoms with Crippen LogP contribution in [0.15, 0.2) is 29.2 Å². The second kappa shape index (κ2) is 5.82. The molecular formula is C13H15FN2S2. The number of benzene rings is 1. The van der Waals surface area contributed by atoms with Gasteiger partial charge in [-0.25, -0.2) is 9.37 Å². The average Bonchev–Trinajstić information content (AvgIpc) is 2.70. The Morgan fingerprint density at radius 3 is 2.78 bits per heavy atom. The van der Waals surface area contributed by atoms with Crippen LogP contribution in [-0.4, -0.2) is 4.98 Å². The van der Waals surface area contributed by atoms with E-state index in [-0.39, 0.29) is 11.9 Å². The summed E-state index contributed by atoms with van der Waals surface area (Å²) >= 11 is 3.08. The molecule has 0 saturated heterocycles. The van der Waals surface area contributed by atoms with Crippen LogP contribution in [0.1, 0.15) is 28.5 Å². The standard InChI is InChI=1S/C13H15FN2S2/c1-8(15)13-9(2)16-12(18-13)7-17-11-6-4-3-5-10(11)14/h3-6,8H,7,15H2,1-2H3. The van der Waals surface area contributed by atoms with Crippen LogP contribution in [0.25, 0.3) is 0 Å². The number of thioether (sulfide) groups is 1. The Hall–Kier alpha value is -0.910. The molecule has 0 aliphatic heterocycles. The van der Waals surface area contributed by atoms with E-state index in [1.807, 2.05) is 19.9 Å². The van der Waals surface area contributed by atoms with Gasteiger partial charge in [0.25, 0.3) is 0 Å². The zero-order valence-corrected chi connectivity index (χ0v) is 11.9. The molecular weight excluding hydrogens is 267 g/mol. The van der Waals surface area contributed by atoms with Crippen LogP contribution in [-0.2, 0) is 5.75 Å². The first-order chi connectivity index (χ1) is 8.58. The van der Waals surface area contributed by atoms with Gasteiger partial charge in [0.1, 0.15) is 10.8 Å².